The Bertz CT molecular complexity index is 283. The lowest BCUT2D eigenvalue weighted by atomic mass is 10.1. The second-order valence-corrected chi connectivity index (χ2v) is 5.03. The highest BCUT2D eigenvalue weighted by Gasteiger charge is 2.30. The Morgan fingerprint density at radius 3 is 2.41 bits per heavy atom. The number of carbonyl (C=O) groups excluding carboxylic acids is 2. The summed E-state index contributed by atoms with van der Waals surface area (Å²) in [4.78, 5) is 23.0. The Balaban J connectivity index is 2.30. The van der Waals surface area contributed by atoms with E-state index in [1.165, 1.54) is 20.0 Å². The highest BCUT2D eigenvalue weighted by Crippen LogP contribution is 2.17. The lowest BCUT2D eigenvalue weighted by molar-refractivity contribution is -0.149. The van der Waals surface area contributed by atoms with E-state index in [1.54, 1.807) is 13.8 Å². The maximum atomic E-state index is 11.7. The fourth-order valence-electron chi connectivity index (χ4n) is 2.07. The van der Waals surface area contributed by atoms with Crippen molar-refractivity contribution in [1.82, 2.24) is 10.6 Å². The molecule has 1 aliphatic rings. The SMILES string of the molecule is COC(=O)C(C)(C)NC(=O)CNC1CCCC1. The van der Waals surface area contributed by atoms with Gasteiger partial charge in [0.25, 0.3) is 0 Å². The number of rotatable bonds is 5. The van der Waals surface area contributed by atoms with Gasteiger partial charge in [-0.25, -0.2) is 4.79 Å². The quantitative estimate of drug-likeness (QED) is 0.692. The number of methoxy groups -OCH3 is 1. The molecule has 1 fully saturated rings. The van der Waals surface area contributed by atoms with E-state index in [9.17, 15) is 9.59 Å². The van der Waals surface area contributed by atoms with Gasteiger partial charge in [0.05, 0.1) is 13.7 Å². The van der Waals surface area contributed by atoms with Gasteiger partial charge < -0.3 is 15.4 Å². The van der Waals surface area contributed by atoms with Gasteiger partial charge in [0.15, 0.2) is 0 Å². The summed E-state index contributed by atoms with van der Waals surface area (Å²) in [5, 5.41) is 5.85. The topological polar surface area (TPSA) is 67.4 Å². The molecule has 0 atom stereocenters. The molecule has 98 valence electrons. The summed E-state index contributed by atoms with van der Waals surface area (Å²) in [6, 6.07) is 0.446. The predicted octanol–water partition coefficient (Wildman–Crippen LogP) is 0.586. The smallest absolute Gasteiger partial charge is 0.330 e. The lowest BCUT2D eigenvalue weighted by Crippen LogP contribution is -2.53. The highest BCUT2D eigenvalue weighted by atomic mass is 16.5. The molecule has 0 aromatic heterocycles. The van der Waals surface area contributed by atoms with E-state index in [-0.39, 0.29) is 12.5 Å². The minimum Gasteiger partial charge on any atom is -0.467 e. The summed E-state index contributed by atoms with van der Waals surface area (Å²) < 4.78 is 4.62. The van der Waals surface area contributed by atoms with Gasteiger partial charge in [0, 0.05) is 6.04 Å². The van der Waals surface area contributed by atoms with Crippen LogP contribution < -0.4 is 10.6 Å². The Labute approximate surface area is 102 Å². The molecule has 1 aliphatic carbocycles. The van der Waals surface area contributed by atoms with E-state index in [4.69, 9.17) is 0 Å². The average Bonchev–Trinajstić information content (AvgIpc) is 2.77. The zero-order chi connectivity index (χ0) is 12.9. The van der Waals surface area contributed by atoms with Crippen LogP contribution in [-0.4, -0.2) is 37.1 Å². The van der Waals surface area contributed by atoms with E-state index < -0.39 is 11.5 Å². The summed E-state index contributed by atoms with van der Waals surface area (Å²) in [5.41, 5.74) is -0.969. The maximum Gasteiger partial charge on any atom is 0.330 e. The van der Waals surface area contributed by atoms with Gasteiger partial charge >= 0.3 is 5.97 Å². The van der Waals surface area contributed by atoms with E-state index in [0.29, 0.717) is 6.04 Å². The first-order chi connectivity index (χ1) is 7.95. The van der Waals surface area contributed by atoms with Crippen molar-refractivity contribution < 1.29 is 14.3 Å². The Morgan fingerprint density at radius 2 is 1.88 bits per heavy atom. The summed E-state index contributed by atoms with van der Waals surface area (Å²) in [7, 11) is 1.31. The van der Waals surface area contributed by atoms with Crippen LogP contribution in [0, 0.1) is 0 Å². The minimum absolute atomic E-state index is 0.174. The first kappa shape index (κ1) is 14.0. The molecule has 1 rings (SSSR count). The zero-order valence-electron chi connectivity index (χ0n) is 10.8. The average molecular weight is 242 g/mol. The number of carbonyl (C=O) groups is 2. The standard InChI is InChI=1S/C12H22N2O3/c1-12(2,11(16)17-3)14-10(15)8-13-9-6-4-5-7-9/h9,13H,4-8H2,1-3H3,(H,14,15). The van der Waals surface area contributed by atoms with E-state index >= 15 is 0 Å². The Morgan fingerprint density at radius 1 is 1.29 bits per heavy atom. The van der Waals surface area contributed by atoms with Crippen molar-refractivity contribution in [2.24, 2.45) is 0 Å². The van der Waals surface area contributed by atoms with Crippen LogP contribution in [0.2, 0.25) is 0 Å². The minimum atomic E-state index is -0.969. The van der Waals surface area contributed by atoms with E-state index in [1.807, 2.05) is 0 Å². The van der Waals surface area contributed by atoms with Crippen LogP contribution in [0.4, 0.5) is 0 Å². The molecule has 5 nitrogen and oxygen atoms in total. The van der Waals surface area contributed by atoms with Crippen LogP contribution in [0.1, 0.15) is 39.5 Å². The van der Waals surface area contributed by atoms with Crippen molar-refractivity contribution in [3.05, 3.63) is 0 Å². The molecular weight excluding hydrogens is 220 g/mol. The zero-order valence-corrected chi connectivity index (χ0v) is 10.8. The number of amides is 1. The van der Waals surface area contributed by atoms with Crippen LogP contribution >= 0.6 is 0 Å². The van der Waals surface area contributed by atoms with Crippen molar-refractivity contribution in [3.63, 3.8) is 0 Å². The number of hydrogen-bond donors (Lipinski definition) is 2. The molecule has 0 aromatic carbocycles. The van der Waals surface area contributed by atoms with Crippen LogP contribution in [0.5, 0.6) is 0 Å². The van der Waals surface area contributed by atoms with E-state index in [0.717, 1.165) is 12.8 Å². The highest BCUT2D eigenvalue weighted by molar-refractivity contribution is 5.88. The van der Waals surface area contributed by atoms with Crippen molar-refractivity contribution in [1.29, 1.82) is 0 Å². The third kappa shape index (κ3) is 4.34. The molecule has 0 aliphatic heterocycles. The first-order valence-electron chi connectivity index (χ1n) is 6.08. The molecular formula is C12H22N2O3. The molecule has 0 unspecified atom stereocenters. The number of ether oxygens (including phenoxy) is 1. The second-order valence-electron chi connectivity index (χ2n) is 5.03. The lowest BCUT2D eigenvalue weighted by Gasteiger charge is -2.23. The van der Waals surface area contributed by atoms with Gasteiger partial charge in [0.2, 0.25) is 5.91 Å². The number of esters is 1. The predicted molar refractivity (Wildman–Crippen MR) is 64.5 cm³/mol. The van der Waals surface area contributed by atoms with Gasteiger partial charge in [-0.2, -0.15) is 0 Å². The molecule has 1 amide bonds. The fraction of sp³-hybridized carbons (Fsp3) is 0.833. The van der Waals surface area contributed by atoms with E-state index in [2.05, 4.69) is 15.4 Å². The van der Waals surface area contributed by atoms with Crippen LogP contribution in [0.3, 0.4) is 0 Å². The molecule has 2 N–H and O–H groups in total. The van der Waals surface area contributed by atoms with Gasteiger partial charge in [-0.3, -0.25) is 4.79 Å². The Hall–Kier alpha value is -1.10. The summed E-state index contributed by atoms with van der Waals surface area (Å²) >= 11 is 0. The van der Waals surface area contributed by atoms with Crippen LogP contribution in [0.25, 0.3) is 0 Å². The molecule has 0 saturated heterocycles. The van der Waals surface area contributed by atoms with Gasteiger partial charge in [-0.1, -0.05) is 12.8 Å². The number of nitrogens with one attached hydrogen (secondary N) is 2. The molecule has 5 heteroatoms. The van der Waals surface area contributed by atoms with Crippen molar-refractivity contribution in [2.75, 3.05) is 13.7 Å². The van der Waals surface area contributed by atoms with Gasteiger partial charge in [0.1, 0.15) is 5.54 Å². The monoisotopic (exact) mass is 242 g/mol. The fourth-order valence-corrected chi connectivity index (χ4v) is 2.07. The third-order valence-electron chi connectivity index (χ3n) is 3.05. The molecule has 0 aromatic rings. The Kier molecular flexibility index (Phi) is 4.93. The summed E-state index contributed by atoms with van der Waals surface area (Å²) in [5.74, 6) is -0.612. The van der Waals surface area contributed by atoms with Crippen LogP contribution in [-0.2, 0) is 14.3 Å². The normalized spacial score (nSPS) is 16.9. The van der Waals surface area contributed by atoms with Crippen LogP contribution in [0.15, 0.2) is 0 Å². The summed E-state index contributed by atoms with van der Waals surface area (Å²) in [6.07, 6.45) is 4.72. The first-order valence-corrected chi connectivity index (χ1v) is 6.08. The molecule has 0 spiro atoms. The molecule has 0 radical (unpaired) electrons. The van der Waals surface area contributed by atoms with Gasteiger partial charge in [-0.15, -0.1) is 0 Å². The van der Waals surface area contributed by atoms with Crippen molar-refractivity contribution in [2.45, 2.75) is 51.1 Å². The molecule has 0 heterocycles. The second kappa shape index (κ2) is 6.00. The van der Waals surface area contributed by atoms with Crippen molar-refractivity contribution in [3.8, 4) is 0 Å². The molecule has 17 heavy (non-hydrogen) atoms. The largest absolute Gasteiger partial charge is 0.467 e. The molecule has 0 bridgehead atoms. The van der Waals surface area contributed by atoms with Gasteiger partial charge in [-0.05, 0) is 26.7 Å². The third-order valence-corrected chi connectivity index (χ3v) is 3.05. The molecule has 1 saturated carbocycles. The number of hydrogen-bond acceptors (Lipinski definition) is 4. The maximum absolute atomic E-state index is 11.7. The van der Waals surface area contributed by atoms with Crippen molar-refractivity contribution >= 4 is 11.9 Å². The summed E-state index contributed by atoms with van der Waals surface area (Å²) in [6.45, 7) is 3.52.